The number of nitrogens with zero attached hydrogens (tertiary/aromatic N) is 4. The molecule has 2 aliphatic heterocycles. The summed E-state index contributed by atoms with van der Waals surface area (Å²) in [6, 6.07) is 0.600. The molecule has 5 nitrogen and oxygen atoms in total. The fraction of sp³-hybridized carbons (Fsp3) is 0.714. The molecule has 104 valence electrons. The minimum Gasteiger partial charge on any atom is -0.338 e. The molecule has 1 amide bonds. The first-order chi connectivity index (χ1) is 9.15. The van der Waals surface area contributed by atoms with Gasteiger partial charge in [0.1, 0.15) is 6.54 Å². The molecule has 0 aliphatic carbocycles. The highest BCUT2D eigenvalue weighted by molar-refractivity contribution is 5.76. The SMILES string of the molecule is Cc1ncn(CC(=O)N2CCN3CCC[C@H]3C2)c1C. The van der Waals surface area contributed by atoms with Crippen molar-refractivity contribution in [3.63, 3.8) is 0 Å². The van der Waals surface area contributed by atoms with Crippen LogP contribution in [0.15, 0.2) is 6.33 Å². The minimum absolute atomic E-state index is 0.229. The number of aromatic nitrogens is 2. The molecule has 0 saturated carbocycles. The van der Waals surface area contributed by atoms with Crippen LogP contribution in [0.25, 0.3) is 0 Å². The lowest BCUT2D eigenvalue weighted by molar-refractivity contribution is -0.134. The standard InChI is InChI=1S/C14H22N4O/c1-11-12(2)18(10-15-11)9-14(19)17-7-6-16-5-3-4-13(16)8-17/h10,13H,3-9H2,1-2H3/t13-/m0/s1. The fourth-order valence-corrected chi connectivity index (χ4v) is 3.17. The molecular formula is C14H22N4O. The molecule has 3 rings (SSSR count). The van der Waals surface area contributed by atoms with E-state index < -0.39 is 0 Å². The van der Waals surface area contributed by atoms with Crippen molar-refractivity contribution in [2.24, 2.45) is 0 Å². The Morgan fingerprint density at radius 2 is 2.21 bits per heavy atom. The summed E-state index contributed by atoms with van der Waals surface area (Å²) in [5.41, 5.74) is 2.10. The van der Waals surface area contributed by atoms with E-state index in [1.165, 1.54) is 19.4 Å². The molecule has 0 bridgehead atoms. The van der Waals surface area contributed by atoms with Gasteiger partial charge in [-0.15, -0.1) is 0 Å². The quantitative estimate of drug-likeness (QED) is 0.792. The molecule has 0 N–H and O–H groups in total. The lowest BCUT2D eigenvalue weighted by atomic mass is 10.1. The van der Waals surface area contributed by atoms with Gasteiger partial charge in [0.25, 0.3) is 0 Å². The third kappa shape index (κ3) is 2.39. The summed E-state index contributed by atoms with van der Waals surface area (Å²) >= 11 is 0. The predicted octanol–water partition coefficient (Wildman–Crippen LogP) is 0.807. The Bertz CT molecular complexity index is 482. The van der Waals surface area contributed by atoms with Crippen LogP contribution in [0.2, 0.25) is 0 Å². The van der Waals surface area contributed by atoms with Crippen LogP contribution in [0, 0.1) is 13.8 Å². The van der Waals surface area contributed by atoms with Gasteiger partial charge in [0.15, 0.2) is 0 Å². The number of carbonyl (C=O) groups excluding carboxylic acids is 1. The number of piperazine rings is 1. The van der Waals surface area contributed by atoms with E-state index >= 15 is 0 Å². The Kier molecular flexibility index (Phi) is 3.31. The van der Waals surface area contributed by atoms with E-state index in [-0.39, 0.29) is 5.91 Å². The van der Waals surface area contributed by atoms with Gasteiger partial charge in [-0.25, -0.2) is 4.98 Å². The lowest BCUT2D eigenvalue weighted by Crippen LogP contribution is -2.52. The van der Waals surface area contributed by atoms with Crippen molar-refractivity contribution < 1.29 is 4.79 Å². The molecule has 0 spiro atoms. The summed E-state index contributed by atoms with van der Waals surface area (Å²) < 4.78 is 1.96. The van der Waals surface area contributed by atoms with E-state index in [1.54, 1.807) is 6.33 Å². The summed E-state index contributed by atoms with van der Waals surface area (Å²) in [5, 5.41) is 0. The largest absolute Gasteiger partial charge is 0.338 e. The Morgan fingerprint density at radius 1 is 1.37 bits per heavy atom. The molecule has 19 heavy (non-hydrogen) atoms. The Balaban J connectivity index is 1.63. The lowest BCUT2D eigenvalue weighted by Gasteiger charge is -2.37. The van der Waals surface area contributed by atoms with Crippen LogP contribution < -0.4 is 0 Å². The fourth-order valence-electron chi connectivity index (χ4n) is 3.17. The van der Waals surface area contributed by atoms with Crippen LogP contribution in [0.5, 0.6) is 0 Å². The van der Waals surface area contributed by atoms with Gasteiger partial charge in [-0.3, -0.25) is 9.69 Å². The number of rotatable bonds is 2. The van der Waals surface area contributed by atoms with Gasteiger partial charge in [-0.05, 0) is 33.2 Å². The number of hydrogen-bond donors (Lipinski definition) is 0. The molecule has 1 aromatic heterocycles. The molecule has 1 aromatic rings. The molecule has 2 aliphatic rings. The Hall–Kier alpha value is -1.36. The second-order valence-electron chi connectivity index (χ2n) is 5.72. The highest BCUT2D eigenvalue weighted by Crippen LogP contribution is 2.21. The van der Waals surface area contributed by atoms with E-state index in [1.807, 2.05) is 23.3 Å². The first-order valence-corrected chi connectivity index (χ1v) is 7.15. The molecule has 3 heterocycles. The van der Waals surface area contributed by atoms with E-state index in [9.17, 15) is 4.79 Å². The summed E-state index contributed by atoms with van der Waals surface area (Å²) in [6.07, 6.45) is 4.30. The van der Waals surface area contributed by atoms with Crippen LogP contribution in [0.1, 0.15) is 24.2 Å². The zero-order chi connectivity index (χ0) is 13.4. The average molecular weight is 262 g/mol. The molecule has 0 radical (unpaired) electrons. The van der Waals surface area contributed by atoms with Crippen LogP contribution in [0.4, 0.5) is 0 Å². The predicted molar refractivity (Wildman–Crippen MR) is 72.9 cm³/mol. The molecule has 0 unspecified atom stereocenters. The zero-order valence-corrected chi connectivity index (χ0v) is 11.8. The summed E-state index contributed by atoms with van der Waals surface area (Å²) in [5.74, 6) is 0.229. The third-order valence-electron chi connectivity index (χ3n) is 4.59. The molecule has 1 atom stereocenters. The van der Waals surface area contributed by atoms with Crippen molar-refractivity contribution >= 4 is 5.91 Å². The van der Waals surface area contributed by atoms with Crippen molar-refractivity contribution in [3.8, 4) is 0 Å². The smallest absolute Gasteiger partial charge is 0.242 e. The van der Waals surface area contributed by atoms with Crippen molar-refractivity contribution in [1.29, 1.82) is 0 Å². The van der Waals surface area contributed by atoms with E-state index in [2.05, 4.69) is 9.88 Å². The summed E-state index contributed by atoms with van der Waals surface area (Å²) in [6.45, 7) is 8.47. The first kappa shape index (κ1) is 12.7. The van der Waals surface area contributed by atoms with Crippen LogP contribution >= 0.6 is 0 Å². The Morgan fingerprint density at radius 3 is 2.95 bits per heavy atom. The molecule has 5 heteroatoms. The van der Waals surface area contributed by atoms with Crippen molar-refractivity contribution in [3.05, 3.63) is 17.7 Å². The van der Waals surface area contributed by atoms with Crippen LogP contribution in [-0.2, 0) is 11.3 Å². The van der Waals surface area contributed by atoms with E-state index in [0.29, 0.717) is 12.6 Å². The molecule has 0 aromatic carbocycles. The molecular weight excluding hydrogens is 240 g/mol. The second kappa shape index (κ2) is 4.96. The maximum absolute atomic E-state index is 12.4. The van der Waals surface area contributed by atoms with Gasteiger partial charge in [-0.2, -0.15) is 0 Å². The van der Waals surface area contributed by atoms with Crippen molar-refractivity contribution in [1.82, 2.24) is 19.4 Å². The second-order valence-corrected chi connectivity index (χ2v) is 5.72. The Labute approximate surface area is 114 Å². The highest BCUT2D eigenvalue weighted by Gasteiger charge is 2.32. The maximum atomic E-state index is 12.4. The first-order valence-electron chi connectivity index (χ1n) is 7.15. The van der Waals surface area contributed by atoms with Crippen LogP contribution in [0.3, 0.4) is 0 Å². The number of amides is 1. The topological polar surface area (TPSA) is 41.4 Å². The minimum atomic E-state index is 0.229. The monoisotopic (exact) mass is 262 g/mol. The number of carbonyl (C=O) groups is 1. The van der Waals surface area contributed by atoms with Crippen molar-refractivity contribution in [2.75, 3.05) is 26.2 Å². The molecule has 2 saturated heterocycles. The normalized spacial score (nSPS) is 23.7. The number of imidazole rings is 1. The van der Waals surface area contributed by atoms with Gasteiger partial charge in [0.2, 0.25) is 5.91 Å². The maximum Gasteiger partial charge on any atom is 0.242 e. The van der Waals surface area contributed by atoms with Crippen LogP contribution in [-0.4, -0.2) is 57.5 Å². The van der Waals surface area contributed by atoms with Gasteiger partial charge >= 0.3 is 0 Å². The third-order valence-corrected chi connectivity index (χ3v) is 4.59. The highest BCUT2D eigenvalue weighted by atomic mass is 16.2. The molecule has 2 fully saturated rings. The zero-order valence-electron chi connectivity index (χ0n) is 11.8. The van der Waals surface area contributed by atoms with Gasteiger partial charge < -0.3 is 9.47 Å². The van der Waals surface area contributed by atoms with Gasteiger partial charge in [0, 0.05) is 31.4 Å². The van der Waals surface area contributed by atoms with E-state index in [0.717, 1.165) is 31.0 Å². The summed E-state index contributed by atoms with van der Waals surface area (Å²) in [7, 11) is 0. The van der Waals surface area contributed by atoms with E-state index in [4.69, 9.17) is 0 Å². The van der Waals surface area contributed by atoms with Crippen molar-refractivity contribution in [2.45, 2.75) is 39.3 Å². The number of aryl methyl sites for hydroxylation is 1. The average Bonchev–Trinajstić information content (AvgIpc) is 2.99. The number of fused-ring (bicyclic) bond motifs is 1. The van der Waals surface area contributed by atoms with Gasteiger partial charge in [0.05, 0.1) is 12.0 Å². The summed E-state index contributed by atoms with van der Waals surface area (Å²) in [4.78, 5) is 21.2. The van der Waals surface area contributed by atoms with Gasteiger partial charge in [-0.1, -0.05) is 0 Å². The number of hydrogen-bond acceptors (Lipinski definition) is 3.